The molecule has 0 unspecified atom stereocenters. The summed E-state index contributed by atoms with van der Waals surface area (Å²) < 4.78 is 0. The van der Waals surface area contributed by atoms with Gasteiger partial charge in [0.05, 0.1) is 0 Å². The van der Waals surface area contributed by atoms with Crippen molar-refractivity contribution >= 4 is 5.82 Å². The van der Waals surface area contributed by atoms with E-state index in [1.807, 2.05) is 0 Å². The van der Waals surface area contributed by atoms with Crippen LogP contribution in [0.2, 0.25) is 0 Å². The molecule has 0 atom stereocenters. The predicted octanol–water partition coefficient (Wildman–Crippen LogP) is 0.549. The normalized spacial score (nSPS) is 28.6. The van der Waals surface area contributed by atoms with Crippen molar-refractivity contribution in [3.63, 3.8) is 0 Å². The third kappa shape index (κ3) is 1.95. The number of rotatable bonds is 3. The van der Waals surface area contributed by atoms with E-state index < -0.39 is 0 Å². The molecule has 3 rings (SSSR count). The van der Waals surface area contributed by atoms with Gasteiger partial charge in [-0.25, -0.2) is 4.98 Å². The first-order valence-electron chi connectivity index (χ1n) is 5.84. The number of aromatic nitrogens is 2. The highest BCUT2D eigenvalue weighted by Crippen LogP contribution is 2.37. The number of nitrogens with zero attached hydrogens (tertiary/aromatic N) is 1. The van der Waals surface area contributed by atoms with Gasteiger partial charge in [-0.1, -0.05) is 0 Å². The van der Waals surface area contributed by atoms with Crippen molar-refractivity contribution in [1.82, 2.24) is 9.97 Å². The predicted molar refractivity (Wildman–Crippen MR) is 61.5 cm³/mol. The molecule has 0 amide bonds. The Morgan fingerprint density at radius 2 is 2.19 bits per heavy atom. The van der Waals surface area contributed by atoms with Crippen molar-refractivity contribution in [1.29, 1.82) is 0 Å². The molecule has 0 bridgehead atoms. The summed E-state index contributed by atoms with van der Waals surface area (Å²) in [6, 6.07) is 2.22. The van der Waals surface area contributed by atoms with Crippen LogP contribution < -0.4 is 16.6 Å². The van der Waals surface area contributed by atoms with Crippen LogP contribution in [-0.4, -0.2) is 22.1 Å². The summed E-state index contributed by atoms with van der Waals surface area (Å²) >= 11 is 0. The summed E-state index contributed by atoms with van der Waals surface area (Å²) in [5, 5.41) is 3.26. The van der Waals surface area contributed by atoms with Gasteiger partial charge >= 0.3 is 0 Å². The Hall–Kier alpha value is -1.36. The summed E-state index contributed by atoms with van der Waals surface area (Å²) in [6.45, 7) is 0. The first-order chi connectivity index (χ1) is 7.70. The van der Waals surface area contributed by atoms with Gasteiger partial charge in [-0.05, 0) is 25.7 Å². The van der Waals surface area contributed by atoms with E-state index in [1.165, 1.54) is 6.07 Å². The van der Waals surface area contributed by atoms with Crippen LogP contribution in [0.15, 0.2) is 10.9 Å². The average molecular weight is 220 g/mol. The second-order valence-corrected chi connectivity index (χ2v) is 4.86. The fourth-order valence-corrected chi connectivity index (χ4v) is 2.09. The van der Waals surface area contributed by atoms with E-state index in [-0.39, 0.29) is 5.56 Å². The quantitative estimate of drug-likeness (QED) is 0.694. The van der Waals surface area contributed by atoms with Crippen LogP contribution in [0.4, 0.5) is 5.82 Å². The van der Waals surface area contributed by atoms with Crippen LogP contribution in [0.25, 0.3) is 0 Å². The van der Waals surface area contributed by atoms with Crippen molar-refractivity contribution in [2.24, 2.45) is 5.73 Å². The summed E-state index contributed by atoms with van der Waals surface area (Å²) in [4.78, 5) is 18.7. The largest absolute Gasteiger partial charge is 0.367 e. The Labute approximate surface area is 93.5 Å². The fourth-order valence-electron chi connectivity index (χ4n) is 2.09. The standard InChI is InChI=1S/C11H16N4O/c12-7-3-8(4-7)13-9-5-10(16)15-11(14-9)6-1-2-6/h5-8H,1-4,12H2,(H2,13,14,15,16). The lowest BCUT2D eigenvalue weighted by molar-refractivity contribution is 0.373. The Morgan fingerprint density at radius 1 is 1.44 bits per heavy atom. The molecule has 0 spiro atoms. The van der Waals surface area contributed by atoms with Crippen LogP contribution in [0, 0.1) is 0 Å². The lowest BCUT2D eigenvalue weighted by atomic mass is 9.88. The molecular weight excluding hydrogens is 204 g/mol. The van der Waals surface area contributed by atoms with Crippen LogP contribution in [0.3, 0.4) is 0 Å². The van der Waals surface area contributed by atoms with E-state index in [4.69, 9.17) is 5.73 Å². The SMILES string of the molecule is NC1CC(Nc2cc(=O)[nH]c(C3CC3)n2)C1. The van der Waals surface area contributed by atoms with Crippen LogP contribution in [0.5, 0.6) is 0 Å². The Morgan fingerprint density at radius 3 is 2.81 bits per heavy atom. The molecule has 2 saturated carbocycles. The number of anilines is 1. The maximum Gasteiger partial charge on any atom is 0.252 e. The Kier molecular flexibility index (Phi) is 2.21. The van der Waals surface area contributed by atoms with Crippen molar-refractivity contribution in [3.8, 4) is 0 Å². The molecule has 86 valence electrons. The molecule has 1 heterocycles. The molecular formula is C11H16N4O. The van der Waals surface area contributed by atoms with E-state index in [0.29, 0.717) is 23.8 Å². The molecule has 0 aromatic carbocycles. The molecule has 0 aliphatic heterocycles. The zero-order valence-corrected chi connectivity index (χ0v) is 9.07. The third-order valence-corrected chi connectivity index (χ3v) is 3.25. The maximum absolute atomic E-state index is 11.4. The smallest absolute Gasteiger partial charge is 0.252 e. The highest BCUT2D eigenvalue weighted by Gasteiger charge is 2.28. The van der Waals surface area contributed by atoms with Gasteiger partial charge in [-0.3, -0.25) is 4.79 Å². The van der Waals surface area contributed by atoms with E-state index in [9.17, 15) is 4.79 Å². The Bertz CT molecular complexity index is 446. The molecule has 0 radical (unpaired) electrons. The maximum atomic E-state index is 11.4. The van der Waals surface area contributed by atoms with Gasteiger partial charge in [0.1, 0.15) is 11.6 Å². The average Bonchev–Trinajstić information content (AvgIpc) is 2.97. The van der Waals surface area contributed by atoms with Gasteiger partial charge in [-0.2, -0.15) is 0 Å². The number of hydrogen-bond acceptors (Lipinski definition) is 4. The summed E-state index contributed by atoms with van der Waals surface area (Å²) in [5.41, 5.74) is 5.65. The van der Waals surface area contributed by atoms with Gasteiger partial charge in [0.2, 0.25) is 0 Å². The second-order valence-electron chi connectivity index (χ2n) is 4.86. The zero-order valence-electron chi connectivity index (χ0n) is 9.07. The minimum Gasteiger partial charge on any atom is -0.367 e. The van der Waals surface area contributed by atoms with Crippen LogP contribution >= 0.6 is 0 Å². The number of nitrogens with one attached hydrogen (secondary N) is 2. The van der Waals surface area contributed by atoms with E-state index in [0.717, 1.165) is 31.5 Å². The molecule has 2 aliphatic rings. The van der Waals surface area contributed by atoms with Crippen LogP contribution in [-0.2, 0) is 0 Å². The topological polar surface area (TPSA) is 83.8 Å². The zero-order chi connectivity index (χ0) is 11.1. The van der Waals surface area contributed by atoms with Crippen molar-refractivity contribution in [2.45, 2.75) is 43.7 Å². The minimum atomic E-state index is -0.0666. The molecule has 5 heteroatoms. The number of nitrogens with two attached hydrogens (primary N) is 1. The molecule has 5 nitrogen and oxygen atoms in total. The van der Waals surface area contributed by atoms with E-state index in [1.54, 1.807) is 0 Å². The molecule has 1 aromatic rings. The van der Waals surface area contributed by atoms with Gasteiger partial charge in [0.25, 0.3) is 5.56 Å². The molecule has 2 fully saturated rings. The molecule has 2 aliphatic carbocycles. The van der Waals surface area contributed by atoms with Crippen molar-refractivity contribution in [2.75, 3.05) is 5.32 Å². The van der Waals surface area contributed by atoms with Crippen molar-refractivity contribution in [3.05, 3.63) is 22.2 Å². The highest BCUT2D eigenvalue weighted by molar-refractivity contribution is 5.36. The third-order valence-electron chi connectivity index (χ3n) is 3.25. The molecule has 0 saturated heterocycles. The van der Waals surface area contributed by atoms with Gasteiger partial charge in [0.15, 0.2) is 0 Å². The van der Waals surface area contributed by atoms with E-state index >= 15 is 0 Å². The Balaban J connectivity index is 1.75. The number of hydrogen-bond donors (Lipinski definition) is 3. The van der Waals surface area contributed by atoms with Gasteiger partial charge < -0.3 is 16.0 Å². The number of H-pyrrole nitrogens is 1. The second kappa shape index (κ2) is 3.59. The lowest BCUT2D eigenvalue weighted by Gasteiger charge is -2.33. The number of aromatic amines is 1. The fraction of sp³-hybridized carbons (Fsp3) is 0.636. The molecule has 4 N–H and O–H groups in total. The summed E-state index contributed by atoms with van der Waals surface area (Å²) in [6.07, 6.45) is 4.21. The highest BCUT2D eigenvalue weighted by atomic mass is 16.1. The first kappa shape index (κ1) is 9.84. The summed E-state index contributed by atoms with van der Waals surface area (Å²) in [5.74, 6) is 2.00. The molecule has 1 aromatic heterocycles. The van der Waals surface area contributed by atoms with Crippen molar-refractivity contribution < 1.29 is 0 Å². The summed E-state index contributed by atoms with van der Waals surface area (Å²) in [7, 11) is 0. The van der Waals surface area contributed by atoms with Gasteiger partial charge in [0, 0.05) is 24.1 Å². The first-order valence-corrected chi connectivity index (χ1v) is 5.84. The van der Waals surface area contributed by atoms with Crippen LogP contribution in [0.1, 0.15) is 37.4 Å². The molecule has 16 heavy (non-hydrogen) atoms. The van der Waals surface area contributed by atoms with Gasteiger partial charge in [-0.15, -0.1) is 0 Å². The van der Waals surface area contributed by atoms with E-state index in [2.05, 4.69) is 15.3 Å². The minimum absolute atomic E-state index is 0.0666. The lowest BCUT2D eigenvalue weighted by Crippen LogP contribution is -2.44. The monoisotopic (exact) mass is 220 g/mol.